The van der Waals surface area contributed by atoms with E-state index in [4.69, 9.17) is 4.52 Å². The highest BCUT2D eigenvalue weighted by atomic mass is 16.5. The van der Waals surface area contributed by atoms with Gasteiger partial charge in [0, 0.05) is 50.4 Å². The number of hydrogen-bond donors (Lipinski definition) is 2. The Labute approximate surface area is 209 Å². The van der Waals surface area contributed by atoms with Gasteiger partial charge in [-0.3, -0.25) is 9.69 Å². The Bertz CT molecular complexity index is 1390. The Balaban J connectivity index is 1.10. The molecule has 10 heteroatoms. The third kappa shape index (κ3) is 4.94. The Hall–Kier alpha value is -3.79. The number of carbonyl (C=O) groups excluding carboxylic acids is 1. The second kappa shape index (κ2) is 9.34. The number of imidazole rings is 1. The Kier molecular flexibility index (Phi) is 5.88. The van der Waals surface area contributed by atoms with E-state index in [1.165, 1.54) is 18.4 Å². The molecule has 1 atom stereocenters. The van der Waals surface area contributed by atoms with Crippen molar-refractivity contribution in [2.75, 3.05) is 25.0 Å². The van der Waals surface area contributed by atoms with Gasteiger partial charge in [-0.2, -0.15) is 4.98 Å². The Morgan fingerprint density at radius 2 is 2.08 bits per heavy atom. The van der Waals surface area contributed by atoms with Crippen molar-refractivity contribution in [1.29, 1.82) is 0 Å². The molecule has 3 aromatic heterocycles. The van der Waals surface area contributed by atoms with E-state index in [2.05, 4.69) is 48.3 Å². The number of nitrogens with one attached hydrogen (secondary N) is 2. The summed E-state index contributed by atoms with van der Waals surface area (Å²) < 4.78 is 5.28. The maximum Gasteiger partial charge on any atom is 0.257 e. The van der Waals surface area contributed by atoms with E-state index in [0.717, 1.165) is 55.0 Å². The molecule has 0 radical (unpaired) electrons. The number of nitrogens with zero attached hydrogens (tertiary/aromatic N) is 6. The van der Waals surface area contributed by atoms with E-state index >= 15 is 0 Å². The lowest BCUT2D eigenvalue weighted by molar-refractivity contribution is -0.134. The number of aromatic amines is 1. The fourth-order valence-corrected chi connectivity index (χ4v) is 4.77. The van der Waals surface area contributed by atoms with Crippen molar-refractivity contribution in [3.63, 3.8) is 0 Å². The number of benzene rings is 1. The van der Waals surface area contributed by atoms with E-state index in [9.17, 15) is 4.79 Å². The molecule has 0 spiro atoms. The minimum absolute atomic E-state index is 0.318. The lowest BCUT2D eigenvalue weighted by Gasteiger charge is -2.40. The summed E-state index contributed by atoms with van der Waals surface area (Å²) in [4.78, 5) is 33.7. The fraction of sp³-hybridized carbons (Fsp3) is 0.423. The maximum atomic E-state index is 12.5. The summed E-state index contributed by atoms with van der Waals surface area (Å²) in [5, 5.41) is 7.15. The number of pyridine rings is 1. The number of piperazine rings is 1. The first-order valence-corrected chi connectivity index (χ1v) is 12.5. The van der Waals surface area contributed by atoms with E-state index in [1.54, 1.807) is 6.92 Å². The van der Waals surface area contributed by atoms with E-state index < -0.39 is 0 Å². The average molecular weight is 487 g/mol. The van der Waals surface area contributed by atoms with Crippen molar-refractivity contribution >= 4 is 28.7 Å². The molecule has 1 aromatic carbocycles. The van der Waals surface area contributed by atoms with Crippen LogP contribution >= 0.6 is 0 Å². The summed E-state index contributed by atoms with van der Waals surface area (Å²) in [7, 11) is 0. The van der Waals surface area contributed by atoms with Crippen molar-refractivity contribution in [1.82, 2.24) is 34.9 Å². The number of aromatic nitrogens is 5. The highest BCUT2D eigenvalue weighted by Crippen LogP contribution is 2.33. The average Bonchev–Trinajstić information content (AvgIpc) is 3.42. The van der Waals surface area contributed by atoms with Crippen LogP contribution in [0.15, 0.2) is 41.1 Å². The molecule has 36 heavy (non-hydrogen) atoms. The zero-order valence-electron chi connectivity index (χ0n) is 20.6. The van der Waals surface area contributed by atoms with E-state index in [1.807, 2.05) is 35.4 Å². The molecule has 0 unspecified atom stereocenters. The van der Waals surface area contributed by atoms with Crippen LogP contribution in [0.2, 0.25) is 0 Å². The van der Waals surface area contributed by atoms with E-state index in [0.29, 0.717) is 35.5 Å². The molecule has 4 aromatic rings. The molecular weight excluding hydrogens is 456 g/mol. The first kappa shape index (κ1) is 22.7. The first-order valence-electron chi connectivity index (χ1n) is 12.5. The molecule has 1 saturated carbocycles. The Morgan fingerprint density at radius 3 is 2.86 bits per heavy atom. The lowest BCUT2D eigenvalue weighted by Crippen LogP contribution is -2.53. The standard InChI is InChI=1S/C26H30N8O2/c1-16-14-34(24(35)12-18-3-4-18)10-9-33(16)15-19-7-8-27-23(11-19)31-26-29-21-6-5-20(13-22(21)30-26)25-28-17(2)32-36-25/h5-8,11,13,16,18H,3-4,9-10,12,14-15H2,1-2H3,(H2,27,29,30,31)/t16-/m1/s1. The predicted octanol–water partition coefficient (Wildman–Crippen LogP) is 3.89. The van der Waals surface area contributed by atoms with Gasteiger partial charge >= 0.3 is 0 Å². The van der Waals surface area contributed by atoms with Crippen LogP contribution < -0.4 is 5.32 Å². The molecule has 1 aliphatic heterocycles. The van der Waals surface area contributed by atoms with Gasteiger partial charge in [-0.05, 0) is 68.5 Å². The molecule has 1 saturated heterocycles. The van der Waals surface area contributed by atoms with Crippen LogP contribution in [0.1, 0.15) is 37.6 Å². The molecule has 2 aliphatic rings. The second-order valence-corrected chi connectivity index (χ2v) is 9.95. The number of H-pyrrole nitrogens is 1. The predicted molar refractivity (Wildman–Crippen MR) is 135 cm³/mol. The van der Waals surface area contributed by atoms with Crippen LogP contribution in [0.25, 0.3) is 22.5 Å². The summed E-state index contributed by atoms with van der Waals surface area (Å²) in [5.74, 6) is 3.38. The monoisotopic (exact) mass is 486 g/mol. The minimum Gasteiger partial charge on any atom is -0.340 e. The molecule has 1 aliphatic carbocycles. The number of amides is 1. The van der Waals surface area contributed by atoms with Gasteiger partial charge in [-0.1, -0.05) is 5.16 Å². The molecule has 1 amide bonds. The van der Waals surface area contributed by atoms with Crippen LogP contribution in [0, 0.1) is 12.8 Å². The number of rotatable bonds is 7. The maximum absolute atomic E-state index is 12.5. The van der Waals surface area contributed by atoms with E-state index in [-0.39, 0.29) is 0 Å². The molecule has 2 N–H and O–H groups in total. The minimum atomic E-state index is 0.318. The van der Waals surface area contributed by atoms with Gasteiger partial charge in [0.15, 0.2) is 5.82 Å². The molecule has 2 fully saturated rings. The second-order valence-electron chi connectivity index (χ2n) is 9.95. The van der Waals surface area contributed by atoms with Crippen LogP contribution in [0.3, 0.4) is 0 Å². The Morgan fingerprint density at radius 1 is 1.19 bits per heavy atom. The zero-order valence-corrected chi connectivity index (χ0v) is 20.6. The molecular formula is C26H30N8O2. The van der Waals surface area contributed by atoms with Crippen LogP contribution in [-0.4, -0.2) is 66.5 Å². The summed E-state index contributed by atoms with van der Waals surface area (Å²) >= 11 is 0. The third-order valence-corrected chi connectivity index (χ3v) is 6.99. The summed E-state index contributed by atoms with van der Waals surface area (Å²) in [6, 6.07) is 10.2. The van der Waals surface area contributed by atoms with Gasteiger partial charge in [-0.25, -0.2) is 9.97 Å². The normalized spacial score (nSPS) is 18.6. The topological polar surface area (TPSA) is 116 Å². The first-order chi connectivity index (χ1) is 17.5. The van der Waals surface area contributed by atoms with Crippen molar-refractivity contribution in [3.8, 4) is 11.5 Å². The number of hydrogen-bond acceptors (Lipinski definition) is 8. The van der Waals surface area contributed by atoms with Gasteiger partial charge in [0.25, 0.3) is 5.89 Å². The molecule has 4 heterocycles. The van der Waals surface area contributed by atoms with Crippen molar-refractivity contribution in [3.05, 3.63) is 47.9 Å². The van der Waals surface area contributed by atoms with Crippen LogP contribution in [0.5, 0.6) is 0 Å². The van der Waals surface area contributed by atoms with Gasteiger partial charge in [0.1, 0.15) is 5.82 Å². The number of anilines is 2. The summed E-state index contributed by atoms with van der Waals surface area (Å²) in [6.07, 6.45) is 4.98. The number of fused-ring (bicyclic) bond motifs is 1. The highest BCUT2D eigenvalue weighted by molar-refractivity contribution is 5.82. The molecule has 186 valence electrons. The van der Waals surface area contributed by atoms with Crippen molar-refractivity contribution in [2.45, 2.75) is 45.7 Å². The molecule has 6 rings (SSSR count). The highest BCUT2D eigenvalue weighted by Gasteiger charge is 2.31. The van der Waals surface area contributed by atoms with Crippen LogP contribution in [-0.2, 0) is 11.3 Å². The van der Waals surface area contributed by atoms with Gasteiger partial charge in [-0.15, -0.1) is 0 Å². The molecule has 0 bridgehead atoms. The zero-order chi connectivity index (χ0) is 24.6. The number of carbonyl (C=O) groups is 1. The summed E-state index contributed by atoms with van der Waals surface area (Å²) in [5.41, 5.74) is 3.70. The van der Waals surface area contributed by atoms with Gasteiger partial charge in [0.05, 0.1) is 11.0 Å². The van der Waals surface area contributed by atoms with Crippen LogP contribution in [0.4, 0.5) is 11.8 Å². The molecule has 10 nitrogen and oxygen atoms in total. The lowest BCUT2D eigenvalue weighted by atomic mass is 10.1. The van der Waals surface area contributed by atoms with Gasteiger partial charge < -0.3 is 19.7 Å². The quantitative estimate of drug-likeness (QED) is 0.404. The number of aryl methyl sites for hydroxylation is 1. The SMILES string of the molecule is Cc1noc(-c2ccc3nc(Nc4cc(CN5CCN(C(=O)CC6CC6)C[C@H]5C)ccn4)[nH]c3c2)n1. The van der Waals surface area contributed by atoms with Crippen molar-refractivity contribution in [2.24, 2.45) is 5.92 Å². The summed E-state index contributed by atoms with van der Waals surface area (Å²) in [6.45, 7) is 7.30. The third-order valence-electron chi connectivity index (χ3n) is 6.99. The van der Waals surface area contributed by atoms with Crippen molar-refractivity contribution < 1.29 is 9.32 Å². The smallest absolute Gasteiger partial charge is 0.257 e. The van der Waals surface area contributed by atoms with Gasteiger partial charge in [0.2, 0.25) is 11.9 Å². The fourth-order valence-electron chi connectivity index (χ4n) is 4.77. The largest absolute Gasteiger partial charge is 0.340 e.